The van der Waals surface area contributed by atoms with Crippen molar-refractivity contribution in [3.8, 4) is 5.75 Å². The first kappa shape index (κ1) is 23.6. The maximum absolute atomic E-state index is 13.1. The number of carbonyl (C=O) groups excluding carboxylic acids is 3. The molecule has 3 aliphatic rings. The van der Waals surface area contributed by atoms with Crippen molar-refractivity contribution in [2.24, 2.45) is 0 Å². The van der Waals surface area contributed by atoms with Crippen LogP contribution in [0.25, 0.3) is 10.9 Å². The van der Waals surface area contributed by atoms with Gasteiger partial charge in [0, 0.05) is 49.2 Å². The molecule has 2 fully saturated rings. The Morgan fingerprint density at radius 3 is 2.81 bits per heavy atom. The van der Waals surface area contributed by atoms with Gasteiger partial charge in [-0.05, 0) is 74.2 Å². The molecule has 1 aromatic heterocycles. The van der Waals surface area contributed by atoms with Crippen LogP contribution in [0.15, 0.2) is 48.5 Å². The number of benzene rings is 2. The molecular formula is C29H30N4O4. The minimum absolute atomic E-state index is 0.0729. The van der Waals surface area contributed by atoms with Gasteiger partial charge < -0.3 is 9.64 Å². The number of amides is 3. The van der Waals surface area contributed by atoms with E-state index in [9.17, 15) is 14.4 Å². The fraction of sp³-hybridized carbons (Fsp3) is 0.379. The van der Waals surface area contributed by atoms with Crippen molar-refractivity contribution in [1.29, 1.82) is 0 Å². The minimum atomic E-state index is -1.03. The van der Waals surface area contributed by atoms with Crippen LogP contribution >= 0.6 is 0 Å². The first-order valence-corrected chi connectivity index (χ1v) is 12.8. The summed E-state index contributed by atoms with van der Waals surface area (Å²) in [6.45, 7) is 6.72. The van der Waals surface area contributed by atoms with E-state index >= 15 is 0 Å². The van der Waals surface area contributed by atoms with Gasteiger partial charge in [0.05, 0.1) is 5.52 Å². The Labute approximate surface area is 215 Å². The van der Waals surface area contributed by atoms with Gasteiger partial charge in [0.25, 0.3) is 11.8 Å². The van der Waals surface area contributed by atoms with E-state index in [-0.39, 0.29) is 24.3 Å². The normalized spacial score (nSPS) is 24.0. The summed E-state index contributed by atoms with van der Waals surface area (Å²) >= 11 is 0. The molecule has 8 heteroatoms. The summed E-state index contributed by atoms with van der Waals surface area (Å²) in [6, 6.07) is 16.2. The van der Waals surface area contributed by atoms with Gasteiger partial charge in [-0.1, -0.05) is 12.1 Å². The number of pyridine rings is 1. The van der Waals surface area contributed by atoms with Crippen molar-refractivity contribution in [3.05, 3.63) is 70.9 Å². The first-order chi connectivity index (χ1) is 17.8. The third-order valence-corrected chi connectivity index (χ3v) is 7.89. The van der Waals surface area contributed by atoms with Crippen LogP contribution in [0.2, 0.25) is 0 Å². The number of rotatable bonds is 5. The molecule has 1 unspecified atom stereocenters. The van der Waals surface area contributed by atoms with E-state index in [4.69, 9.17) is 4.74 Å². The molecular weight excluding hydrogens is 468 g/mol. The van der Waals surface area contributed by atoms with Crippen molar-refractivity contribution < 1.29 is 19.1 Å². The van der Waals surface area contributed by atoms with Gasteiger partial charge in [0.15, 0.2) is 0 Å². The second-order valence-corrected chi connectivity index (χ2v) is 10.6. The Bertz CT molecular complexity index is 1440. The maximum atomic E-state index is 13.1. The molecule has 0 aliphatic carbocycles. The summed E-state index contributed by atoms with van der Waals surface area (Å²) < 4.78 is 6.32. The Hall–Kier alpha value is -3.78. The molecule has 2 atom stereocenters. The molecule has 6 rings (SSSR count). The standard InChI is InChI=1S/C29H30N4O4/c1-18-3-5-20-13-19(4-8-25(20)30-18)15-32-12-10-23(17-32)37-22-6-7-24-21(14-22)16-33(27(24)35)29(2)11-9-26(34)31-28(29)36/h3-8,13-14,23H,9-12,15-17H2,1-2H3,(H,31,34,36)/t23-,29?/m0/s1. The van der Waals surface area contributed by atoms with Gasteiger partial charge in [0.2, 0.25) is 5.91 Å². The zero-order chi connectivity index (χ0) is 25.7. The van der Waals surface area contributed by atoms with E-state index < -0.39 is 11.4 Å². The average molecular weight is 499 g/mol. The molecule has 4 heterocycles. The fourth-order valence-electron chi connectivity index (χ4n) is 5.68. The van der Waals surface area contributed by atoms with Crippen LogP contribution in [-0.4, -0.2) is 57.2 Å². The lowest BCUT2D eigenvalue weighted by molar-refractivity contribution is -0.142. The molecule has 3 amide bonds. The second kappa shape index (κ2) is 8.95. The van der Waals surface area contributed by atoms with E-state index in [1.165, 1.54) is 5.56 Å². The number of ether oxygens (including phenoxy) is 1. The number of aryl methyl sites for hydroxylation is 1. The molecule has 8 nitrogen and oxygen atoms in total. The average Bonchev–Trinajstić information content (AvgIpc) is 3.45. The number of fused-ring (bicyclic) bond motifs is 2. The van der Waals surface area contributed by atoms with Crippen molar-refractivity contribution in [3.63, 3.8) is 0 Å². The number of hydrogen-bond donors (Lipinski definition) is 1. The molecule has 0 spiro atoms. The third kappa shape index (κ3) is 4.35. The first-order valence-electron chi connectivity index (χ1n) is 12.8. The molecule has 1 N–H and O–H groups in total. The van der Waals surface area contributed by atoms with Gasteiger partial charge in [-0.25, -0.2) is 0 Å². The van der Waals surface area contributed by atoms with Gasteiger partial charge in [-0.2, -0.15) is 0 Å². The number of hydrogen-bond acceptors (Lipinski definition) is 6. The molecule has 2 aromatic carbocycles. The Morgan fingerprint density at radius 2 is 1.97 bits per heavy atom. The Balaban J connectivity index is 1.10. The van der Waals surface area contributed by atoms with Crippen LogP contribution in [0.1, 0.15) is 53.4 Å². The van der Waals surface area contributed by atoms with Crippen molar-refractivity contribution in [1.82, 2.24) is 20.1 Å². The lowest BCUT2D eigenvalue weighted by atomic mass is 9.89. The van der Waals surface area contributed by atoms with Crippen molar-refractivity contribution in [2.45, 2.75) is 57.8 Å². The summed E-state index contributed by atoms with van der Waals surface area (Å²) in [7, 11) is 0. The molecule has 190 valence electrons. The zero-order valence-corrected chi connectivity index (χ0v) is 21.1. The highest BCUT2D eigenvalue weighted by Gasteiger charge is 2.48. The quantitative estimate of drug-likeness (QED) is 0.543. The van der Waals surface area contributed by atoms with E-state index in [1.54, 1.807) is 17.9 Å². The Morgan fingerprint density at radius 1 is 1.11 bits per heavy atom. The van der Waals surface area contributed by atoms with Crippen LogP contribution in [0.3, 0.4) is 0 Å². The third-order valence-electron chi connectivity index (χ3n) is 7.89. The number of imide groups is 1. The van der Waals surface area contributed by atoms with E-state index in [1.807, 2.05) is 25.1 Å². The molecule has 37 heavy (non-hydrogen) atoms. The molecule has 0 radical (unpaired) electrons. The predicted molar refractivity (Wildman–Crippen MR) is 138 cm³/mol. The number of carbonyl (C=O) groups is 3. The van der Waals surface area contributed by atoms with E-state index in [2.05, 4.69) is 39.5 Å². The summed E-state index contributed by atoms with van der Waals surface area (Å²) in [4.78, 5) is 45.9. The van der Waals surface area contributed by atoms with Gasteiger partial charge >= 0.3 is 0 Å². The molecule has 3 aromatic rings. The van der Waals surface area contributed by atoms with Crippen LogP contribution in [0.4, 0.5) is 0 Å². The largest absolute Gasteiger partial charge is 0.489 e. The van der Waals surface area contributed by atoms with Crippen molar-refractivity contribution in [2.75, 3.05) is 13.1 Å². The molecule has 0 saturated carbocycles. The van der Waals surface area contributed by atoms with Crippen molar-refractivity contribution >= 4 is 28.6 Å². The topological polar surface area (TPSA) is 91.8 Å². The second-order valence-electron chi connectivity index (χ2n) is 10.6. The number of nitrogens with zero attached hydrogens (tertiary/aromatic N) is 3. The highest BCUT2D eigenvalue weighted by atomic mass is 16.5. The fourth-order valence-corrected chi connectivity index (χ4v) is 5.68. The highest BCUT2D eigenvalue weighted by molar-refractivity contribution is 6.07. The minimum Gasteiger partial charge on any atom is -0.489 e. The van der Waals surface area contributed by atoms with Gasteiger partial charge in [-0.3, -0.25) is 29.6 Å². The summed E-state index contributed by atoms with van der Waals surface area (Å²) in [5.41, 5.74) is 3.71. The maximum Gasteiger partial charge on any atom is 0.255 e. The molecule has 0 bridgehead atoms. The summed E-state index contributed by atoms with van der Waals surface area (Å²) in [5, 5.41) is 3.54. The van der Waals surface area contributed by atoms with Gasteiger partial charge in [0.1, 0.15) is 17.4 Å². The number of nitrogens with one attached hydrogen (secondary N) is 1. The predicted octanol–water partition coefficient (Wildman–Crippen LogP) is 3.35. The van der Waals surface area contributed by atoms with Gasteiger partial charge in [-0.15, -0.1) is 0 Å². The summed E-state index contributed by atoms with van der Waals surface area (Å²) in [6.07, 6.45) is 1.56. The number of aromatic nitrogens is 1. The smallest absolute Gasteiger partial charge is 0.255 e. The van der Waals surface area contributed by atoms with Crippen LogP contribution < -0.4 is 10.1 Å². The van der Waals surface area contributed by atoms with Crippen LogP contribution in [0, 0.1) is 6.92 Å². The summed E-state index contributed by atoms with van der Waals surface area (Å²) in [5.74, 6) is -0.145. The molecule has 2 saturated heterocycles. The van der Waals surface area contributed by atoms with Crippen LogP contribution in [0.5, 0.6) is 5.75 Å². The number of likely N-dealkylation sites (tertiary alicyclic amines) is 1. The number of piperidine rings is 1. The molecule has 3 aliphatic heterocycles. The lowest BCUT2D eigenvalue weighted by Crippen LogP contribution is -2.61. The SMILES string of the molecule is Cc1ccc2cc(CN3CC[C@H](Oc4ccc5c(c4)CN(C4(C)CCC(=O)NC4=O)C5=O)C3)ccc2n1. The van der Waals surface area contributed by atoms with Crippen LogP contribution in [-0.2, 0) is 22.7 Å². The van der Waals surface area contributed by atoms with E-state index in [0.717, 1.165) is 54.0 Å². The van der Waals surface area contributed by atoms with E-state index in [0.29, 0.717) is 18.5 Å². The lowest BCUT2D eigenvalue weighted by Gasteiger charge is -2.39. The Kier molecular flexibility index (Phi) is 5.71. The highest BCUT2D eigenvalue weighted by Crippen LogP contribution is 2.36. The zero-order valence-electron chi connectivity index (χ0n) is 21.1. The monoisotopic (exact) mass is 498 g/mol.